The highest BCUT2D eigenvalue weighted by Gasteiger charge is 2.25. The second-order valence-electron chi connectivity index (χ2n) is 5.14. The molecular formula is C15H14Cl3NOS. The Balaban J connectivity index is 1.88. The van der Waals surface area contributed by atoms with Gasteiger partial charge in [0.15, 0.2) is 0 Å². The molecule has 1 atom stereocenters. The van der Waals surface area contributed by atoms with E-state index in [1.807, 2.05) is 12.1 Å². The minimum Gasteiger partial charge on any atom is -0.486 e. The van der Waals surface area contributed by atoms with Crippen molar-refractivity contribution >= 4 is 46.1 Å². The first-order valence-corrected chi connectivity index (χ1v) is 8.56. The van der Waals surface area contributed by atoms with Gasteiger partial charge in [-0.2, -0.15) is 0 Å². The van der Waals surface area contributed by atoms with E-state index in [1.165, 1.54) is 10.4 Å². The summed E-state index contributed by atoms with van der Waals surface area (Å²) in [5.41, 5.74) is 1.18. The van der Waals surface area contributed by atoms with E-state index in [-0.39, 0.29) is 6.10 Å². The van der Waals surface area contributed by atoms with Crippen LogP contribution in [0.2, 0.25) is 14.4 Å². The van der Waals surface area contributed by atoms with E-state index in [1.54, 1.807) is 23.5 Å². The third-order valence-corrected chi connectivity index (χ3v) is 5.52. The maximum absolute atomic E-state index is 6.17. The molecule has 3 rings (SSSR count). The van der Waals surface area contributed by atoms with Crippen molar-refractivity contribution in [3.63, 3.8) is 0 Å². The van der Waals surface area contributed by atoms with Gasteiger partial charge in [-0.3, -0.25) is 0 Å². The fourth-order valence-corrected chi connectivity index (χ4v) is 4.16. The van der Waals surface area contributed by atoms with Crippen LogP contribution in [0.5, 0.6) is 5.75 Å². The van der Waals surface area contributed by atoms with Gasteiger partial charge in [-0.15, -0.1) is 11.3 Å². The van der Waals surface area contributed by atoms with E-state index in [9.17, 15) is 0 Å². The summed E-state index contributed by atoms with van der Waals surface area (Å²) in [6.45, 7) is 1.89. The van der Waals surface area contributed by atoms with Crippen LogP contribution in [0.25, 0.3) is 0 Å². The molecule has 1 aliphatic rings. The molecule has 1 unspecified atom stereocenters. The third-order valence-electron chi connectivity index (χ3n) is 3.51. The van der Waals surface area contributed by atoms with Crippen molar-refractivity contribution in [2.24, 2.45) is 0 Å². The molecule has 0 saturated heterocycles. The molecule has 0 aliphatic carbocycles. The van der Waals surface area contributed by atoms with Gasteiger partial charge in [0.05, 0.1) is 14.4 Å². The van der Waals surface area contributed by atoms with E-state index in [0.29, 0.717) is 10.0 Å². The van der Waals surface area contributed by atoms with Crippen molar-refractivity contribution in [2.75, 3.05) is 13.6 Å². The predicted molar refractivity (Wildman–Crippen MR) is 90.1 cm³/mol. The number of benzene rings is 1. The summed E-state index contributed by atoms with van der Waals surface area (Å²) in [6.07, 6.45) is 0.905. The fourth-order valence-electron chi connectivity index (χ4n) is 2.46. The van der Waals surface area contributed by atoms with Crippen LogP contribution in [0.4, 0.5) is 0 Å². The van der Waals surface area contributed by atoms with Crippen LogP contribution in [0.15, 0.2) is 24.3 Å². The Labute approximate surface area is 143 Å². The van der Waals surface area contributed by atoms with Crippen LogP contribution < -0.4 is 4.74 Å². The molecule has 0 radical (unpaired) electrons. The quantitative estimate of drug-likeness (QED) is 0.683. The maximum Gasteiger partial charge on any atom is 0.126 e. The van der Waals surface area contributed by atoms with E-state index in [0.717, 1.165) is 29.6 Å². The molecule has 1 aliphatic heterocycles. The van der Waals surface area contributed by atoms with Gasteiger partial charge in [-0.05, 0) is 25.2 Å². The lowest BCUT2D eigenvalue weighted by molar-refractivity contribution is 0.182. The van der Waals surface area contributed by atoms with Gasteiger partial charge < -0.3 is 9.64 Å². The molecule has 0 amide bonds. The second-order valence-corrected chi connectivity index (χ2v) is 7.72. The van der Waals surface area contributed by atoms with Gasteiger partial charge in [0.25, 0.3) is 0 Å². The highest BCUT2D eigenvalue weighted by Crippen LogP contribution is 2.38. The summed E-state index contributed by atoms with van der Waals surface area (Å²) in [6, 6.07) is 7.37. The molecule has 0 saturated carbocycles. The Morgan fingerprint density at radius 2 is 2.00 bits per heavy atom. The Bertz CT molecular complexity index is 658. The standard InChI is InChI=1S/C15H14Cl3NOS/c1-19-5-4-13(10-7-15(18)21-14(10)8-19)20-9-2-3-11(16)12(17)6-9/h2-3,6-7,13H,4-5,8H2,1H3. The van der Waals surface area contributed by atoms with Crippen molar-refractivity contribution in [3.8, 4) is 5.75 Å². The van der Waals surface area contributed by atoms with Gasteiger partial charge >= 0.3 is 0 Å². The van der Waals surface area contributed by atoms with Gasteiger partial charge in [-0.1, -0.05) is 34.8 Å². The van der Waals surface area contributed by atoms with Crippen molar-refractivity contribution in [1.29, 1.82) is 0 Å². The molecule has 0 N–H and O–H groups in total. The zero-order valence-electron chi connectivity index (χ0n) is 11.4. The van der Waals surface area contributed by atoms with E-state index in [4.69, 9.17) is 39.5 Å². The fraction of sp³-hybridized carbons (Fsp3) is 0.333. The van der Waals surface area contributed by atoms with Crippen molar-refractivity contribution in [1.82, 2.24) is 4.90 Å². The van der Waals surface area contributed by atoms with Gasteiger partial charge in [0.2, 0.25) is 0 Å². The van der Waals surface area contributed by atoms with Crippen LogP contribution in [-0.4, -0.2) is 18.5 Å². The molecule has 2 nitrogen and oxygen atoms in total. The van der Waals surface area contributed by atoms with Gasteiger partial charge in [0, 0.05) is 36.0 Å². The summed E-state index contributed by atoms with van der Waals surface area (Å²) in [5, 5.41) is 1.03. The van der Waals surface area contributed by atoms with E-state index >= 15 is 0 Å². The third kappa shape index (κ3) is 3.49. The largest absolute Gasteiger partial charge is 0.486 e. The number of hydrogen-bond acceptors (Lipinski definition) is 3. The zero-order chi connectivity index (χ0) is 15.0. The number of fused-ring (bicyclic) bond motifs is 1. The highest BCUT2D eigenvalue weighted by atomic mass is 35.5. The first-order chi connectivity index (χ1) is 10.0. The first kappa shape index (κ1) is 15.4. The number of rotatable bonds is 2. The average Bonchev–Trinajstić information content (AvgIpc) is 2.72. The smallest absolute Gasteiger partial charge is 0.126 e. The maximum atomic E-state index is 6.17. The number of nitrogens with zero attached hydrogens (tertiary/aromatic N) is 1. The molecule has 0 bridgehead atoms. The van der Waals surface area contributed by atoms with Crippen LogP contribution in [0, 0.1) is 0 Å². The number of thiophene rings is 1. The summed E-state index contributed by atoms with van der Waals surface area (Å²) in [5.74, 6) is 0.729. The van der Waals surface area contributed by atoms with Crippen molar-refractivity contribution < 1.29 is 4.74 Å². The number of hydrogen-bond donors (Lipinski definition) is 0. The molecule has 2 aromatic rings. The lowest BCUT2D eigenvalue weighted by atomic mass is 10.1. The molecular weight excluding hydrogens is 349 g/mol. The lowest BCUT2D eigenvalue weighted by Crippen LogP contribution is -2.17. The summed E-state index contributed by atoms with van der Waals surface area (Å²) in [4.78, 5) is 3.55. The minimum absolute atomic E-state index is 0.00839. The van der Waals surface area contributed by atoms with E-state index < -0.39 is 0 Å². The Hall–Kier alpha value is -0.450. The molecule has 112 valence electrons. The predicted octanol–water partition coefficient (Wildman–Crippen LogP) is 5.66. The highest BCUT2D eigenvalue weighted by molar-refractivity contribution is 7.16. The van der Waals surface area contributed by atoms with Gasteiger partial charge in [0.1, 0.15) is 11.9 Å². The van der Waals surface area contributed by atoms with Gasteiger partial charge in [-0.25, -0.2) is 0 Å². The van der Waals surface area contributed by atoms with Crippen molar-refractivity contribution in [3.05, 3.63) is 49.1 Å². The first-order valence-electron chi connectivity index (χ1n) is 6.61. The Morgan fingerprint density at radius 1 is 1.19 bits per heavy atom. The molecule has 2 heterocycles. The second kappa shape index (κ2) is 6.35. The summed E-state index contributed by atoms with van der Waals surface area (Å²) >= 11 is 19.8. The lowest BCUT2D eigenvalue weighted by Gasteiger charge is -2.18. The monoisotopic (exact) mass is 361 g/mol. The van der Waals surface area contributed by atoms with Crippen molar-refractivity contribution in [2.45, 2.75) is 19.1 Å². The molecule has 6 heteroatoms. The number of halogens is 3. The molecule has 1 aromatic heterocycles. The number of ether oxygens (including phenoxy) is 1. The molecule has 1 aromatic carbocycles. The molecule has 0 spiro atoms. The van der Waals surface area contributed by atoms with Crippen LogP contribution in [-0.2, 0) is 6.54 Å². The summed E-state index contributed by atoms with van der Waals surface area (Å²) in [7, 11) is 2.11. The molecule has 21 heavy (non-hydrogen) atoms. The molecule has 0 fully saturated rings. The van der Waals surface area contributed by atoms with Crippen LogP contribution in [0.1, 0.15) is 23.0 Å². The van der Waals surface area contributed by atoms with E-state index in [2.05, 4.69) is 11.9 Å². The average molecular weight is 363 g/mol. The Morgan fingerprint density at radius 3 is 2.76 bits per heavy atom. The minimum atomic E-state index is -0.00839. The normalized spacial score (nSPS) is 19.1. The van der Waals surface area contributed by atoms with Crippen LogP contribution >= 0.6 is 46.1 Å². The topological polar surface area (TPSA) is 12.5 Å². The Kier molecular flexibility index (Phi) is 4.67. The summed E-state index contributed by atoms with van der Waals surface area (Å²) < 4.78 is 6.94. The van der Waals surface area contributed by atoms with Crippen LogP contribution in [0.3, 0.4) is 0 Å². The zero-order valence-corrected chi connectivity index (χ0v) is 14.5. The SMILES string of the molecule is CN1CCC(Oc2ccc(Cl)c(Cl)c2)c2cc(Cl)sc2C1.